The number of aliphatic hydroxyl groups is 1. The van der Waals surface area contributed by atoms with Crippen LogP contribution in [-0.4, -0.2) is 37.5 Å². The highest BCUT2D eigenvalue weighted by Gasteiger charge is 2.14. The lowest BCUT2D eigenvalue weighted by molar-refractivity contribution is 0.275. The summed E-state index contributed by atoms with van der Waals surface area (Å²) in [4.78, 5) is 8.24. The van der Waals surface area contributed by atoms with Crippen molar-refractivity contribution in [1.82, 2.24) is 19.7 Å². The maximum atomic E-state index is 9.21. The van der Waals surface area contributed by atoms with Crippen LogP contribution in [0.1, 0.15) is 37.6 Å². The molecule has 0 spiro atoms. The number of ether oxygens (including phenoxy) is 1. The van der Waals surface area contributed by atoms with Crippen LogP contribution < -0.4 is 15.8 Å². The van der Waals surface area contributed by atoms with Gasteiger partial charge in [0.05, 0.1) is 6.20 Å². The van der Waals surface area contributed by atoms with Gasteiger partial charge in [0.1, 0.15) is 12.3 Å². The van der Waals surface area contributed by atoms with Crippen LogP contribution in [0.2, 0.25) is 0 Å². The molecule has 24 heavy (non-hydrogen) atoms. The quantitative estimate of drug-likeness (QED) is 0.639. The molecule has 4 N–H and O–H groups in total. The molecule has 0 bridgehead atoms. The van der Waals surface area contributed by atoms with Gasteiger partial charge in [0, 0.05) is 25.4 Å². The van der Waals surface area contributed by atoms with Crippen molar-refractivity contribution in [3.05, 3.63) is 23.7 Å². The van der Waals surface area contributed by atoms with E-state index in [4.69, 9.17) is 10.5 Å². The average Bonchev–Trinajstić information content (AvgIpc) is 2.85. The normalized spacial score (nSPS) is 12.2. The van der Waals surface area contributed by atoms with Crippen molar-refractivity contribution in [2.75, 3.05) is 17.7 Å². The topological polar surface area (TPSA) is 111 Å². The average molecular weight is 334 g/mol. The van der Waals surface area contributed by atoms with E-state index in [1.54, 1.807) is 10.9 Å². The molecular formula is C16H26N6O2. The largest absolute Gasteiger partial charge is 0.482 e. The Bertz CT molecular complexity index is 633. The van der Waals surface area contributed by atoms with Gasteiger partial charge in [-0.2, -0.15) is 10.1 Å². The molecule has 0 unspecified atom stereocenters. The van der Waals surface area contributed by atoms with Gasteiger partial charge in [-0.25, -0.2) is 4.98 Å². The standard InChI is InChI=1S/C16H26N6O2/c1-4-5-12(6-7-23)19-15-14(9-18-16(17)20-15)24-10-13-8-11(2)22(3)21-13/h8-9,12,23H,4-7,10H2,1-3H3,(H3,17,18,19,20)/t12-/m0/s1. The Labute approximate surface area is 142 Å². The third-order valence-electron chi connectivity index (χ3n) is 3.77. The van der Waals surface area contributed by atoms with Crippen LogP contribution in [0.5, 0.6) is 5.75 Å². The molecule has 132 valence electrons. The number of nitrogens with one attached hydrogen (secondary N) is 1. The second kappa shape index (κ2) is 8.49. The molecule has 1 atom stereocenters. The Balaban J connectivity index is 2.11. The van der Waals surface area contributed by atoms with Crippen LogP contribution in [0.3, 0.4) is 0 Å². The van der Waals surface area contributed by atoms with Gasteiger partial charge in [0.15, 0.2) is 11.6 Å². The number of hydrogen-bond acceptors (Lipinski definition) is 7. The Morgan fingerprint density at radius 3 is 2.83 bits per heavy atom. The van der Waals surface area contributed by atoms with E-state index in [9.17, 15) is 5.11 Å². The van der Waals surface area contributed by atoms with Crippen molar-refractivity contribution < 1.29 is 9.84 Å². The zero-order valence-corrected chi connectivity index (χ0v) is 14.5. The van der Waals surface area contributed by atoms with E-state index in [1.165, 1.54) is 0 Å². The van der Waals surface area contributed by atoms with E-state index in [1.807, 2.05) is 20.0 Å². The predicted molar refractivity (Wildman–Crippen MR) is 92.7 cm³/mol. The summed E-state index contributed by atoms with van der Waals surface area (Å²) in [5.74, 6) is 1.24. The molecule has 0 aromatic carbocycles. The number of aliphatic hydroxyl groups excluding tert-OH is 1. The lowest BCUT2D eigenvalue weighted by Gasteiger charge is -2.19. The zero-order valence-electron chi connectivity index (χ0n) is 14.5. The number of aromatic nitrogens is 4. The van der Waals surface area contributed by atoms with Crippen molar-refractivity contribution in [3.8, 4) is 5.75 Å². The SMILES string of the molecule is CCC[C@@H](CCO)Nc1nc(N)ncc1OCc1cc(C)n(C)n1. The number of nitrogens with two attached hydrogens (primary N) is 1. The molecule has 2 heterocycles. The van der Waals surface area contributed by atoms with Gasteiger partial charge in [0.2, 0.25) is 5.95 Å². The molecule has 0 fully saturated rings. The van der Waals surface area contributed by atoms with Gasteiger partial charge in [-0.3, -0.25) is 4.68 Å². The molecule has 8 nitrogen and oxygen atoms in total. The molecule has 0 aliphatic carbocycles. The molecular weight excluding hydrogens is 308 g/mol. The molecule has 2 aromatic rings. The van der Waals surface area contributed by atoms with Crippen LogP contribution >= 0.6 is 0 Å². The van der Waals surface area contributed by atoms with Gasteiger partial charge in [0.25, 0.3) is 0 Å². The Kier molecular flexibility index (Phi) is 6.36. The third kappa shape index (κ3) is 4.82. The summed E-state index contributed by atoms with van der Waals surface area (Å²) in [5, 5.41) is 16.9. The first-order valence-corrected chi connectivity index (χ1v) is 8.15. The number of hydrogen-bond donors (Lipinski definition) is 3. The van der Waals surface area contributed by atoms with E-state index >= 15 is 0 Å². The van der Waals surface area contributed by atoms with Crippen molar-refractivity contribution >= 4 is 11.8 Å². The van der Waals surface area contributed by atoms with Gasteiger partial charge in [-0.05, 0) is 25.8 Å². The summed E-state index contributed by atoms with van der Waals surface area (Å²) in [6.07, 6.45) is 4.12. The van der Waals surface area contributed by atoms with Crippen molar-refractivity contribution in [1.29, 1.82) is 0 Å². The van der Waals surface area contributed by atoms with Crippen molar-refractivity contribution in [3.63, 3.8) is 0 Å². The summed E-state index contributed by atoms with van der Waals surface area (Å²) in [6, 6.07) is 2.07. The lowest BCUT2D eigenvalue weighted by atomic mass is 10.1. The summed E-state index contributed by atoms with van der Waals surface area (Å²) in [6.45, 7) is 4.52. The number of nitrogens with zero attached hydrogens (tertiary/aromatic N) is 4. The molecule has 0 saturated carbocycles. The summed E-state index contributed by atoms with van der Waals surface area (Å²) < 4.78 is 7.62. The molecule has 2 aromatic heterocycles. The fraction of sp³-hybridized carbons (Fsp3) is 0.562. The summed E-state index contributed by atoms with van der Waals surface area (Å²) in [5.41, 5.74) is 7.59. The van der Waals surface area contributed by atoms with Crippen LogP contribution in [0.15, 0.2) is 12.3 Å². The minimum atomic E-state index is 0.105. The Morgan fingerprint density at radius 2 is 2.21 bits per heavy atom. The molecule has 2 rings (SSSR count). The monoisotopic (exact) mass is 334 g/mol. The van der Waals surface area contributed by atoms with E-state index in [0.29, 0.717) is 24.6 Å². The third-order valence-corrected chi connectivity index (χ3v) is 3.77. The Morgan fingerprint density at radius 1 is 1.42 bits per heavy atom. The van der Waals surface area contributed by atoms with Gasteiger partial charge < -0.3 is 20.9 Å². The van der Waals surface area contributed by atoms with E-state index in [-0.39, 0.29) is 18.6 Å². The van der Waals surface area contributed by atoms with Crippen LogP contribution in [0.4, 0.5) is 11.8 Å². The van der Waals surface area contributed by atoms with E-state index in [0.717, 1.165) is 24.2 Å². The minimum absolute atomic E-state index is 0.105. The zero-order chi connectivity index (χ0) is 17.5. The summed E-state index contributed by atoms with van der Waals surface area (Å²) in [7, 11) is 1.89. The van der Waals surface area contributed by atoms with Crippen LogP contribution in [-0.2, 0) is 13.7 Å². The Hall–Kier alpha value is -2.35. The first kappa shape index (κ1) is 18.0. The first-order chi connectivity index (χ1) is 11.5. The molecule has 8 heteroatoms. The van der Waals surface area contributed by atoms with Crippen LogP contribution in [0.25, 0.3) is 0 Å². The highest BCUT2D eigenvalue weighted by Crippen LogP contribution is 2.24. The summed E-state index contributed by atoms with van der Waals surface area (Å²) >= 11 is 0. The highest BCUT2D eigenvalue weighted by atomic mass is 16.5. The lowest BCUT2D eigenvalue weighted by Crippen LogP contribution is -2.22. The molecule has 0 aliphatic heterocycles. The predicted octanol–water partition coefficient (Wildman–Crippen LogP) is 1.64. The number of nitrogen functional groups attached to an aromatic ring is 1. The van der Waals surface area contributed by atoms with E-state index < -0.39 is 0 Å². The van der Waals surface area contributed by atoms with E-state index in [2.05, 4.69) is 27.3 Å². The fourth-order valence-electron chi connectivity index (χ4n) is 2.44. The molecule has 0 aliphatic rings. The van der Waals surface area contributed by atoms with Gasteiger partial charge in [-0.1, -0.05) is 13.3 Å². The first-order valence-electron chi connectivity index (χ1n) is 8.15. The maximum absolute atomic E-state index is 9.21. The van der Waals surface area contributed by atoms with Gasteiger partial charge in [-0.15, -0.1) is 0 Å². The fourth-order valence-corrected chi connectivity index (χ4v) is 2.44. The van der Waals surface area contributed by atoms with Crippen molar-refractivity contribution in [2.24, 2.45) is 7.05 Å². The smallest absolute Gasteiger partial charge is 0.222 e. The minimum Gasteiger partial charge on any atom is -0.482 e. The second-order valence-corrected chi connectivity index (χ2v) is 5.77. The number of anilines is 2. The second-order valence-electron chi connectivity index (χ2n) is 5.77. The highest BCUT2D eigenvalue weighted by molar-refractivity contribution is 5.51. The van der Waals surface area contributed by atoms with Crippen molar-refractivity contribution in [2.45, 2.75) is 45.8 Å². The number of rotatable bonds is 9. The maximum Gasteiger partial charge on any atom is 0.222 e. The molecule has 0 amide bonds. The molecule has 0 radical (unpaired) electrons. The van der Waals surface area contributed by atoms with Crippen LogP contribution in [0, 0.1) is 6.92 Å². The molecule has 0 saturated heterocycles. The van der Waals surface area contributed by atoms with Gasteiger partial charge >= 0.3 is 0 Å². The number of aryl methyl sites for hydroxylation is 2.